The summed E-state index contributed by atoms with van der Waals surface area (Å²) in [7, 11) is -0.725. The van der Waals surface area contributed by atoms with E-state index in [4.69, 9.17) is 4.74 Å². The highest BCUT2D eigenvalue weighted by molar-refractivity contribution is 7.92. The van der Waals surface area contributed by atoms with Gasteiger partial charge in [0.1, 0.15) is 5.69 Å². The highest BCUT2D eigenvalue weighted by Gasteiger charge is 2.22. The smallest absolute Gasteiger partial charge is 0.262 e. The Morgan fingerprint density at radius 3 is 2.52 bits per heavy atom. The van der Waals surface area contributed by atoms with Crippen molar-refractivity contribution in [3.05, 3.63) is 36.0 Å². The number of anilines is 3. The van der Waals surface area contributed by atoms with Crippen molar-refractivity contribution >= 4 is 27.5 Å². The van der Waals surface area contributed by atoms with E-state index in [1.54, 1.807) is 19.0 Å². The van der Waals surface area contributed by atoms with Gasteiger partial charge in [0.25, 0.3) is 10.0 Å². The van der Waals surface area contributed by atoms with Crippen molar-refractivity contribution in [1.29, 1.82) is 0 Å². The average Bonchev–Trinajstić information content (AvgIpc) is 2.64. The molecule has 11 heteroatoms. The Kier molecular flexibility index (Phi) is 5.42. The number of hydrogen-bond acceptors (Lipinski definition) is 7. The predicted octanol–water partition coefficient (Wildman–Crippen LogP) is 1.46. The van der Waals surface area contributed by atoms with Crippen LogP contribution >= 0.6 is 0 Å². The molecule has 1 aromatic carbocycles. The minimum absolute atomic E-state index is 0.127. The monoisotopic (exact) mass is 399 g/mol. The van der Waals surface area contributed by atoms with E-state index in [0.29, 0.717) is 44.1 Å². The molecule has 0 aliphatic carbocycles. The molecule has 3 rings (SSSR count). The van der Waals surface area contributed by atoms with Gasteiger partial charge in [-0.05, 0) is 18.2 Å². The number of nitrogens with zero attached hydrogens (tertiary/aromatic N) is 4. The summed E-state index contributed by atoms with van der Waals surface area (Å²) < 4.78 is 59.2. The number of aromatic nitrogens is 2. The van der Waals surface area contributed by atoms with E-state index in [1.807, 2.05) is 4.90 Å². The Labute approximate surface area is 155 Å². The van der Waals surface area contributed by atoms with Crippen LogP contribution in [0.1, 0.15) is 0 Å². The molecule has 1 N–H and O–H groups in total. The molecule has 1 aromatic heterocycles. The van der Waals surface area contributed by atoms with Crippen LogP contribution in [0.2, 0.25) is 0 Å². The second kappa shape index (κ2) is 7.61. The van der Waals surface area contributed by atoms with Crippen LogP contribution in [0.15, 0.2) is 29.3 Å². The standard InChI is InChI=1S/C16H19F2N5O3S/c1-22(2)15-14(10-19-16(20-15)23-5-7-26-8-6-23)21-27(24,25)11-3-4-12(17)13(18)9-11/h3-4,9-10,21H,5-8H2,1-2H3. The van der Waals surface area contributed by atoms with Gasteiger partial charge in [-0.15, -0.1) is 0 Å². The van der Waals surface area contributed by atoms with Gasteiger partial charge >= 0.3 is 0 Å². The zero-order valence-corrected chi connectivity index (χ0v) is 15.6. The fourth-order valence-electron chi connectivity index (χ4n) is 2.54. The summed E-state index contributed by atoms with van der Waals surface area (Å²) >= 11 is 0. The summed E-state index contributed by atoms with van der Waals surface area (Å²) in [5.74, 6) is -1.57. The molecule has 0 radical (unpaired) electrons. The number of benzene rings is 1. The Balaban J connectivity index is 1.92. The van der Waals surface area contributed by atoms with Gasteiger partial charge in [-0.2, -0.15) is 4.98 Å². The van der Waals surface area contributed by atoms with Gasteiger partial charge in [0.15, 0.2) is 17.5 Å². The van der Waals surface area contributed by atoms with E-state index in [-0.39, 0.29) is 5.69 Å². The highest BCUT2D eigenvalue weighted by Crippen LogP contribution is 2.27. The molecular weight excluding hydrogens is 380 g/mol. The summed E-state index contributed by atoms with van der Waals surface area (Å²) in [5.41, 5.74) is 0.127. The number of morpholine rings is 1. The van der Waals surface area contributed by atoms with Gasteiger partial charge in [-0.25, -0.2) is 22.2 Å². The lowest BCUT2D eigenvalue weighted by molar-refractivity contribution is 0.122. The van der Waals surface area contributed by atoms with Crippen molar-refractivity contribution in [3.63, 3.8) is 0 Å². The largest absolute Gasteiger partial charge is 0.378 e. The Morgan fingerprint density at radius 1 is 1.19 bits per heavy atom. The third-order valence-corrected chi connectivity index (χ3v) is 5.28. The average molecular weight is 399 g/mol. The van der Waals surface area contributed by atoms with Crippen molar-refractivity contribution in [2.45, 2.75) is 4.90 Å². The Hall–Kier alpha value is -2.53. The molecule has 2 heterocycles. The summed E-state index contributed by atoms with van der Waals surface area (Å²) in [6.07, 6.45) is 1.35. The van der Waals surface area contributed by atoms with E-state index < -0.39 is 26.6 Å². The third kappa shape index (κ3) is 4.25. The van der Waals surface area contributed by atoms with E-state index in [9.17, 15) is 17.2 Å². The lowest BCUT2D eigenvalue weighted by atomic mass is 10.3. The molecule has 0 atom stereocenters. The fraction of sp³-hybridized carbons (Fsp3) is 0.375. The molecule has 0 saturated carbocycles. The molecule has 146 valence electrons. The van der Waals surface area contributed by atoms with Crippen LogP contribution in [-0.4, -0.2) is 58.8 Å². The van der Waals surface area contributed by atoms with Gasteiger partial charge < -0.3 is 14.5 Å². The van der Waals surface area contributed by atoms with Gasteiger partial charge in [0, 0.05) is 27.2 Å². The molecule has 8 nitrogen and oxygen atoms in total. The van der Waals surface area contributed by atoms with Crippen LogP contribution in [-0.2, 0) is 14.8 Å². The van der Waals surface area contributed by atoms with Gasteiger partial charge in [0.05, 0.1) is 24.3 Å². The molecule has 1 saturated heterocycles. The molecule has 0 bridgehead atoms. The van der Waals surface area contributed by atoms with Gasteiger partial charge in [0.2, 0.25) is 5.95 Å². The zero-order valence-electron chi connectivity index (χ0n) is 14.8. The van der Waals surface area contributed by atoms with Crippen LogP contribution in [0.3, 0.4) is 0 Å². The van der Waals surface area contributed by atoms with Crippen LogP contribution in [0.5, 0.6) is 0 Å². The molecule has 2 aromatic rings. The Morgan fingerprint density at radius 2 is 1.89 bits per heavy atom. The molecule has 1 fully saturated rings. The number of rotatable bonds is 5. The Bertz CT molecular complexity index is 934. The SMILES string of the molecule is CN(C)c1nc(N2CCOCC2)ncc1NS(=O)(=O)c1ccc(F)c(F)c1. The summed E-state index contributed by atoms with van der Waals surface area (Å²) in [4.78, 5) is 11.8. The normalized spacial score (nSPS) is 14.9. The summed E-state index contributed by atoms with van der Waals surface area (Å²) in [6.45, 7) is 2.38. The predicted molar refractivity (Wildman–Crippen MR) is 96.6 cm³/mol. The van der Waals surface area contributed by atoms with Crippen molar-refractivity contribution in [2.75, 3.05) is 54.9 Å². The minimum Gasteiger partial charge on any atom is -0.378 e. The van der Waals surface area contributed by atoms with Crippen LogP contribution in [0.4, 0.5) is 26.2 Å². The van der Waals surface area contributed by atoms with Crippen molar-refractivity contribution in [1.82, 2.24) is 9.97 Å². The number of sulfonamides is 1. The maximum atomic E-state index is 13.4. The van der Waals surface area contributed by atoms with E-state index >= 15 is 0 Å². The first-order valence-electron chi connectivity index (χ1n) is 8.13. The topological polar surface area (TPSA) is 87.7 Å². The van der Waals surface area contributed by atoms with E-state index in [1.165, 1.54) is 6.20 Å². The molecule has 0 unspecified atom stereocenters. The third-order valence-electron chi connectivity index (χ3n) is 3.92. The highest BCUT2D eigenvalue weighted by atomic mass is 32.2. The zero-order chi connectivity index (χ0) is 19.6. The first-order valence-corrected chi connectivity index (χ1v) is 9.61. The van der Waals surface area contributed by atoms with Crippen LogP contribution in [0.25, 0.3) is 0 Å². The number of halogens is 2. The molecule has 27 heavy (non-hydrogen) atoms. The fourth-order valence-corrected chi connectivity index (χ4v) is 3.60. The van der Waals surface area contributed by atoms with Crippen molar-refractivity contribution in [3.8, 4) is 0 Å². The van der Waals surface area contributed by atoms with E-state index in [2.05, 4.69) is 14.7 Å². The molecular formula is C16H19F2N5O3S. The molecule has 1 aliphatic heterocycles. The first kappa shape index (κ1) is 19.2. The number of nitrogens with one attached hydrogen (secondary N) is 1. The minimum atomic E-state index is -4.14. The second-order valence-corrected chi connectivity index (χ2v) is 7.76. The summed E-state index contributed by atoms with van der Waals surface area (Å²) in [6, 6.07) is 2.36. The molecule has 0 amide bonds. The van der Waals surface area contributed by atoms with Crippen LogP contribution in [0, 0.1) is 11.6 Å². The van der Waals surface area contributed by atoms with Crippen LogP contribution < -0.4 is 14.5 Å². The van der Waals surface area contributed by atoms with Gasteiger partial charge in [-0.1, -0.05) is 0 Å². The number of ether oxygens (including phenoxy) is 1. The number of hydrogen-bond donors (Lipinski definition) is 1. The quantitative estimate of drug-likeness (QED) is 0.814. The first-order chi connectivity index (χ1) is 12.8. The second-order valence-electron chi connectivity index (χ2n) is 6.08. The lowest BCUT2D eigenvalue weighted by Gasteiger charge is -2.28. The van der Waals surface area contributed by atoms with Crippen molar-refractivity contribution in [2.24, 2.45) is 0 Å². The van der Waals surface area contributed by atoms with Crippen molar-refractivity contribution < 1.29 is 21.9 Å². The maximum absolute atomic E-state index is 13.4. The van der Waals surface area contributed by atoms with Gasteiger partial charge in [-0.3, -0.25) is 4.72 Å². The molecule has 0 spiro atoms. The lowest BCUT2D eigenvalue weighted by Crippen LogP contribution is -2.37. The maximum Gasteiger partial charge on any atom is 0.262 e. The molecule has 1 aliphatic rings. The van der Waals surface area contributed by atoms with E-state index in [0.717, 1.165) is 12.1 Å². The summed E-state index contributed by atoms with van der Waals surface area (Å²) in [5, 5.41) is 0.